The van der Waals surface area contributed by atoms with E-state index in [0.29, 0.717) is 31.9 Å². The van der Waals surface area contributed by atoms with Gasteiger partial charge >= 0.3 is 12.2 Å². The molecule has 0 atom stereocenters. The molecule has 1 aromatic carbocycles. The molecule has 2 amide bonds. The van der Waals surface area contributed by atoms with E-state index in [0.717, 1.165) is 12.1 Å². The Morgan fingerprint density at radius 2 is 1.71 bits per heavy atom. The maximum Gasteiger partial charge on any atom is 0.416 e. The SMILES string of the molecule is CC(C)(C)NC(=O)N1CCN(c2cc(C(F)(F)F)ccc2Cl)CC1. The molecule has 0 spiro atoms. The van der Waals surface area contributed by atoms with Crippen molar-refractivity contribution in [2.75, 3.05) is 31.1 Å². The maximum absolute atomic E-state index is 12.9. The zero-order valence-electron chi connectivity index (χ0n) is 13.9. The Labute approximate surface area is 144 Å². The molecule has 1 saturated heterocycles. The van der Waals surface area contributed by atoms with Crippen LogP contribution in [0.3, 0.4) is 0 Å². The number of hydrogen-bond donors (Lipinski definition) is 1. The van der Waals surface area contributed by atoms with Gasteiger partial charge in [0.25, 0.3) is 0 Å². The second kappa shape index (κ2) is 6.70. The number of amides is 2. The molecule has 0 unspecified atom stereocenters. The van der Waals surface area contributed by atoms with Crippen molar-refractivity contribution in [3.8, 4) is 0 Å². The van der Waals surface area contributed by atoms with Gasteiger partial charge in [-0.3, -0.25) is 0 Å². The molecular weight excluding hydrogens is 343 g/mol. The number of rotatable bonds is 1. The van der Waals surface area contributed by atoms with Crippen LogP contribution in [-0.4, -0.2) is 42.6 Å². The first-order valence-corrected chi connectivity index (χ1v) is 8.04. The molecule has 0 aliphatic carbocycles. The van der Waals surface area contributed by atoms with Crippen LogP contribution in [0.15, 0.2) is 18.2 Å². The predicted octanol–water partition coefficient (Wildman–Crippen LogP) is 3.99. The molecule has 1 aromatic rings. The number of urea groups is 1. The minimum absolute atomic E-state index is 0.169. The quantitative estimate of drug-likeness (QED) is 0.819. The fourth-order valence-corrected chi connectivity index (χ4v) is 2.72. The number of halogens is 4. The minimum atomic E-state index is -4.41. The Kier molecular flexibility index (Phi) is 5.22. The highest BCUT2D eigenvalue weighted by atomic mass is 35.5. The van der Waals surface area contributed by atoms with Crippen molar-refractivity contribution in [2.24, 2.45) is 0 Å². The highest BCUT2D eigenvalue weighted by molar-refractivity contribution is 6.33. The minimum Gasteiger partial charge on any atom is -0.367 e. The first-order chi connectivity index (χ1) is 11.0. The Morgan fingerprint density at radius 1 is 1.12 bits per heavy atom. The van der Waals surface area contributed by atoms with Crippen molar-refractivity contribution < 1.29 is 18.0 Å². The van der Waals surface area contributed by atoms with Crippen molar-refractivity contribution in [3.63, 3.8) is 0 Å². The molecule has 0 aromatic heterocycles. The van der Waals surface area contributed by atoms with E-state index in [1.165, 1.54) is 6.07 Å². The second-order valence-electron chi connectivity index (χ2n) is 6.82. The van der Waals surface area contributed by atoms with Crippen LogP contribution < -0.4 is 10.2 Å². The van der Waals surface area contributed by atoms with Crippen molar-refractivity contribution in [2.45, 2.75) is 32.5 Å². The molecule has 1 fully saturated rings. The maximum atomic E-state index is 12.9. The molecule has 1 aliphatic heterocycles. The monoisotopic (exact) mass is 363 g/mol. The number of carbonyl (C=O) groups is 1. The topological polar surface area (TPSA) is 35.6 Å². The van der Waals surface area contributed by atoms with Gasteiger partial charge in [-0.05, 0) is 39.0 Å². The van der Waals surface area contributed by atoms with E-state index < -0.39 is 11.7 Å². The average molecular weight is 364 g/mol. The molecule has 2 rings (SSSR count). The second-order valence-corrected chi connectivity index (χ2v) is 7.23. The van der Waals surface area contributed by atoms with Crippen LogP contribution in [0.4, 0.5) is 23.7 Å². The number of nitrogens with one attached hydrogen (secondary N) is 1. The van der Waals surface area contributed by atoms with Gasteiger partial charge in [0, 0.05) is 31.7 Å². The molecule has 4 nitrogen and oxygen atoms in total. The van der Waals surface area contributed by atoms with E-state index in [2.05, 4.69) is 5.32 Å². The van der Waals surface area contributed by atoms with Gasteiger partial charge in [-0.25, -0.2) is 4.79 Å². The lowest BCUT2D eigenvalue weighted by Gasteiger charge is -2.37. The van der Waals surface area contributed by atoms with Crippen molar-refractivity contribution in [3.05, 3.63) is 28.8 Å². The Hall–Kier alpha value is -1.63. The van der Waals surface area contributed by atoms with Gasteiger partial charge in [-0.1, -0.05) is 11.6 Å². The molecule has 24 heavy (non-hydrogen) atoms. The number of anilines is 1. The summed E-state index contributed by atoms with van der Waals surface area (Å²) in [5.41, 5.74) is -0.712. The van der Waals surface area contributed by atoms with Gasteiger partial charge in [-0.15, -0.1) is 0 Å². The van der Waals surface area contributed by atoms with Crippen LogP contribution in [0.25, 0.3) is 0 Å². The van der Waals surface area contributed by atoms with E-state index in [1.807, 2.05) is 20.8 Å². The summed E-state index contributed by atoms with van der Waals surface area (Å²) in [5, 5.41) is 3.15. The van der Waals surface area contributed by atoms with Gasteiger partial charge < -0.3 is 15.1 Å². The van der Waals surface area contributed by atoms with Crippen LogP contribution in [0.2, 0.25) is 5.02 Å². The Balaban J connectivity index is 2.06. The van der Waals surface area contributed by atoms with E-state index >= 15 is 0 Å². The lowest BCUT2D eigenvalue weighted by atomic mass is 10.1. The van der Waals surface area contributed by atoms with Gasteiger partial charge in [-0.2, -0.15) is 13.2 Å². The van der Waals surface area contributed by atoms with Crippen LogP contribution >= 0.6 is 11.6 Å². The van der Waals surface area contributed by atoms with Crippen LogP contribution in [-0.2, 0) is 6.18 Å². The molecule has 8 heteroatoms. The largest absolute Gasteiger partial charge is 0.416 e. The number of benzene rings is 1. The van der Waals surface area contributed by atoms with Gasteiger partial charge in [0.2, 0.25) is 0 Å². The van der Waals surface area contributed by atoms with Crippen LogP contribution in [0, 0.1) is 0 Å². The zero-order valence-corrected chi connectivity index (χ0v) is 14.6. The summed E-state index contributed by atoms with van der Waals surface area (Å²) in [6.45, 7) is 7.39. The first-order valence-electron chi connectivity index (χ1n) is 7.66. The first kappa shape index (κ1) is 18.7. The summed E-state index contributed by atoms with van der Waals surface area (Å²) >= 11 is 6.06. The molecule has 1 aliphatic rings. The predicted molar refractivity (Wildman–Crippen MR) is 88.5 cm³/mol. The van der Waals surface area contributed by atoms with E-state index in [-0.39, 0.29) is 16.6 Å². The summed E-state index contributed by atoms with van der Waals surface area (Å²) in [4.78, 5) is 15.6. The van der Waals surface area contributed by atoms with Crippen LogP contribution in [0.1, 0.15) is 26.3 Å². The number of hydrogen-bond acceptors (Lipinski definition) is 2. The van der Waals surface area contributed by atoms with Crippen molar-refractivity contribution in [1.82, 2.24) is 10.2 Å². The highest BCUT2D eigenvalue weighted by Gasteiger charge is 2.32. The van der Waals surface area contributed by atoms with E-state index in [4.69, 9.17) is 11.6 Å². The summed E-state index contributed by atoms with van der Waals surface area (Å²) in [6.07, 6.45) is -4.41. The fraction of sp³-hybridized carbons (Fsp3) is 0.562. The zero-order chi connectivity index (χ0) is 18.1. The Morgan fingerprint density at radius 3 is 2.21 bits per heavy atom. The third-order valence-corrected chi connectivity index (χ3v) is 3.98. The number of nitrogens with zero attached hydrogens (tertiary/aromatic N) is 2. The van der Waals surface area contributed by atoms with E-state index in [9.17, 15) is 18.0 Å². The molecule has 0 bridgehead atoms. The molecular formula is C16H21ClF3N3O. The smallest absolute Gasteiger partial charge is 0.367 e. The van der Waals surface area contributed by atoms with Gasteiger partial charge in [0.15, 0.2) is 0 Å². The number of alkyl halides is 3. The summed E-state index contributed by atoms with van der Waals surface area (Å²) in [7, 11) is 0. The molecule has 134 valence electrons. The molecule has 1 N–H and O–H groups in total. The Bertz CT molecular complexity index is 606. The molecule has 0 saturated carbocycles. The molecule has 1 heterocycles. The van der Waals surface area contributed by atoms with E-state index in [1.54, 1.807) is 9.80 Å². The number of carbonyl (C=O) groups excluding carboxylic acids is 1. The fourth-order valence-electron chi connectivity index (χ4n) is 2.48. The van der Waals surface area contributed by atoms with Crippen molar-refractivity contribution >= 4 is 23.3 Å². The van der Waals surface area contributed by atoms with Crippen molar-refractivity contribution in [1.29, 1.82) is 0 Å². The highest BCUT2D eigenvalue weighted by Crippen LogP contribution is 2.35. The lowest BCUT2D eigenvalue weighted by molar-refractivity contribution is -0.137. The summed E-state index contributed by atoms with van der Waals surface area (Å²) in [5.74, 6) is 0. The number of piperazine rings is 1. The summed E-state index contributed by atoms with van der Waals surface area (Å²) in [6, 6.07) is 3.13. The van der Waals surface area contributed by atoms with Gasteiger partial charge in [0.05, 0.1) is 16.3 Å². The standard InChI is InChI=1S/C16H21ClF3N3O/c1-15(2,3)21-14(24)23-8-6-22(7-9-23)13-10-11(16(18,19)20)4-5-12(13)17/h4-5,10H,6-9H2,1-3H3,(H,21,24). The normalized spacial score (nSPS) is 16.3. The third-order valence-electron chi connectivity index (χ3n) is 3.66. The van der Waals surface area contributed by atoms with Crippen LogP contribution in [0.5, 0.6) is 0 Å². The average Bonchev–Trinajstić information content (AvgIpc) is 2.45. The third kappa shape index (κ3) is 4.69. The van der Waals surface area contributed by atoms with Gasteiger partial charge in [0.1, 0.15) is 0 Å². The molecule has 0 radical (unpaired) electrons. The lowest BCUT2D eigenvalue weighted by Crippen LogP contribution is -2.55. The summed E-state index contributed by atoms with van der Waals surface area (Å²) < 4.78 is 38.6.